The van der Waals surface area contributed by atoms with Crippen molar-refractivity contribution < 1.29 is 9.15 Å². The fraction of sp³-hybridized carbons (Fsp3) is 0.429. The van der Waals surface area contributed by atoms with E-state index in [0.29, 0.717) is 17.5 Å². The zero-order valence-electron chi connectivity index (χ0n) is 11.7. The minimum absolute atomic E-state index is 0.0394. The summed E-state index contributed by atoms with van der Waals surface area (Å²) in [5, 5.41) is 7.89. The predicted molar refractivity (Wildman–Crippen MR) is 72.9 cm³/mol. The van der Waals surface area contributed by atoms with Crippen LogP contribution < -0.4 is 10.5 Å². The highest BCUT2D eigenvalue weighted by atomic mass is 16.5. The van der Waals surface area contributed by atoms with Gasteiger partial charge in [0.2, 0.25) is 5.89 Å². The highest BCUT2D eigenvalue weighted by Crippen LogP contribution is 2.33. The van der Waals surface area contributed by atoms with Crippen LogP contribution in [0.2, 0.25) is 0 Å². The normalized spacial score (nSPS) is 11.6. The van der Waals surface area contributed by atoms with Gasteiger partial charge in [0.15, 0.2) is 0 Å². The molecule has 1 aromatic carbocycles. The van der Waals surface area contributed by atoms with Crippen molar-refractivity contribution in [2.45, 2.75) is 32.7 Å². The first-order valence-electron chi connectivity index (χ1n) is 6.17. The quantitative estimate of drug-likeness (QED) is 0.918. The molecule has 0 unspecified atom stereocenters. The van der Waals surface area contributed by atoms with E-state index in [0.717, 1.165) is 5.56 Å². The molecule has 2 N–H and O–H groups in total. The summed E-state index contributed by atoms with van der Waals surface area (Å²) in [6, 6.07) is 5.98. The van der Waals surface area contributed by atoms with E-state index in [2.05, 4.69) is 31.0 Å². The number of nitrogens with zero attached hydrogens (tertiary/aromatic N) is 2. The largest absolute Gasteiger partial charge is 0.496 e. The molecule has 0 saturated heterocycles. The first-order chi connectivity index (χ1) is 8.95. The molecule has 19 heavy (non-hydrogen) atoms. The van der Waals surface area contributed by atoms with Crippen LogP contribution in [0.4, 0.5) is 0 Å². The van der Waals surface area contributed by atoms with Gasteiger partial charge in [-0.15, -0.1) is 10.2 Å². The van der Waals surface area contributed by atoms with Crippen LogP contribution in [0.3, 0.4) is 0 Å². The van der Waals surface area contributed by atoms with Crippen LogP contribution in [0, 0.1) is 0 Å². The molecule has 0 aliphatic heterocycles. The van der Waals surface area contributed by atoms with Gasteiger partial charge in [-0.3, -0.25) is 0 Å². The Hall–Kier alpha value is -1.88. The van der Waals surface area contributed by atoms with Gasteiger partial charge in [0.25, 0.3) is 5.89 Å². The smallest absolute Gasteiger partial charge is 0.251 e. The second kappa shape index (κ2) is 5.01. The molecule has 0 atom stereocenters. The molecule has 5 nitrogen and oxygen atoms in total. The maximum atomic E-state index is 5.50. The molecule has 5 heteroatoms. The van der Waals surface area contributed by atoms with E-state index in [1.807, 2.05) is 18.2 Å². The zero-order valence-corrected chi connectivity index (χ0v) is 11.7. The van der Waals surface area contributed by atoms with Crippen molar-refractivity contribution >= 4 is 0 Å². The summed E-state index contributed by atoms with van der Waals surface area (Å²) >= 11 is 0. The van der Waals surface area contributed by atoms with Gasteiger partial charge in [-0.1, -0.05) is 26.8 Å². The van der Waals surface area contributed by atoms with E-state index >= 15 is 0 Å². The van der Waals surface area contributed by atoms with Crippen LogP contribution >= 0.6 is 0 Å². The van der Waals surface area contributed by atoms with Gasteiger partial charge >= 0.3 is 0 Å². The summed E-state index contributed by atoms with van der Waals surface area (Å²) in [6.07, 6.45) is 0. The van der Waals surface area contributed by atoms with Crippen molar-refractivity contribution in [3.05, 3.63) is 29.7 Å². The number of nitrogens with two attached hydrogens (primary N) is 1. The molecule has 0 amide bonds. The lowest BCUT2D eigenvalue weighted by Gasteiger charge is -2.20. The third-order valence-corrected chi connectivity index (χ3v) is 2.94. The van der Waals surface area contributed by atoms with Crippen molar-refractivity contribution in [3.63, 3.8) is 0 Å². The van der Waals surface area contributed by atoms with E-state index in [1.165, 1.54) is 5.56 Å². The van der Waals surface area contributed by atoms with Crippen LogP contribution in [0.5, 0.6) is 5.75 Å². The van der Waals surface area contributed by atoms with Crippen LogP contribution in [-0.4, -0.2) is 17.3 Å². The number of rotatable bonds is 3. The van der Waals surface area contributed by atoms with Gasteiger partial charge in [-0.2, -0.15) is 0 Å². The first-order valence-corrected chi connectivity index (χ1v) is 6.17. The monoisotopic (exact) mass is 261 g/mol. The molecule has 0 aliphatic rings. The zero-order chi connectivity index (χ0) is 14.0. The molecule has 0 radical (unpaired) electrons. The standard InChI is InChI=1S/C14H19N3O2/c1-14(2,3)9-5-6-11(18-4)10(7-9)13-17-16-12(8-15)19-13/h5-7H,8,15H2,1-4H3. The van der Waals surface area contributed by atoms with E-state index in [-0.39, 0.29) is 12.0 Å². The molecule has 0 fully saturated rings. The SMILES string of the molecule is COc1ccc(C(C)(C)C)cc1-c1nnc(CN)o1. The summed E-state index contributed by atoms with van der Waals surface area (Å²) in [5.74, 6) is 1.56. The molecular weight excluding hydrogens is 242 g/mol. The number of methoxy groups -OCH3 is 1. The lowest BCUT2D eigenvalue weighted by molar-refractivity contribution is 0.413. The Bertz CT molecular complexity index is 570. The number of ether oxygens (including phenoxy) is 1. The minimum atomic E-state index is 0.0394. The number of aromatic nitrogens is 2. The van der Waals surface area contributed by atoms with Crippen LogP contribution in [0.25, 0.3) is 11.5 Å². The van der Waals surface area contributed by atoms with Gasteiger partial charge in [0.05, 0.1) is 19.2 Å². The fourth-order valence-electron chi connectivity index (χ4n) is 1.79. The van der Waals surface area contributed by atoms with Crippen molar-refractivity contribution in [3.8, 4) is 17.2 Å². The molecule has 2 rings (SSSR count). The van der Waals surface area contributed by atoms with Crippen LogP contribution in [-0.2, 0) is 12.0 Å². The van der Waals surface area contributed by atoms with Gasteiger partial charge < -0.3 is 14.9 Å². The average Bonchev–Trinajstić information content (AvgIpc) is 2.85. The van der Waals surface area contributed by atoms with Gasteiger partial charge in [-0.25, -0.2) is 0 Å². The highest BCUT2D eigenvalue weighted by Gasteiger charge is 2.19. The van der Waals surface area contributed by atoms with Crippen LogP contribution in [0.1, 0.15) is 32.2 Å². The number of hydrogen-bond acceptors (Lipinski definition) is 5. The maximum Gasteiger partial charge on any atom is 0.251 e. The van der Waals surface area contributed by atoms with E-state index in [1.54, 1.807) is 7.11 Å². The molecule has 1 heterocycles. The van der Waals surface area contributed by atoms with Gasteiger partial charge in [0, 0.05) is 0 Å². The first kappa shape index (κ1) is 13.5. The second-order valence-corrected chi connectivity index (χ2v) is 5.37. The Morgan fingerprint density at radius 2 is 2.00 bits per heavy atom. The van der Waals surface area contributed by atoms with E-state index < -0.39 is 0 Å². The summed E-state index contributed by atoms with van der Waals surface area (Å²) < 4.78 is 10.9. The summed E-state index contributed by atoms with van der Waals surface area (Å²) in [7, 11) is 1.62. The lowest BCUT2D eigenvalue weighted by atomic mass is 9.86. The molecule has 0 spiro atoms. The fourth-order valence-corrected chi connectivity index (χ4v) is 1.79. The Morgan fingerprint density at radius 3 is 2.53 bits per heavy atom. The van der Waals surface area contributed by atoms with Crippen LogP contribution in [0.15, 0.2) is 22.6 Å². The van der Waals surface area contributed by atoms with Gasteiger partial charge in [-0.05, 0) is 23.1 Å². The van der Waals surface area contributed by atoms with Gasteiger partial charge in [0.1, 0.15) is 5.75 Å². The molecule has 102 valence electrons. The predicted octanol–water partition coefficient (Wildman–Crippen LogP) is 2.50. The van der Waals surface area contributed by atoms with E-state index in [4.69, 9.17) is 14.9 Å². The third kappa shape index (κ3) is 2.76. The Morgan fingerprint density at radius 1 is 1.26 bits per heavy atom. The maximum absolute atomic E-state index is 5.50. The van der Waals surface area contributed by atoms with Crippen molar-refractivity contribution in [1.29, 1.82) is 0 Å². The molecule has 0 aliphatic carbocycles. The summed E-state index contributed by atoms with van der Waals surface area (Å²) in [4.78, 5) is 0. The highest BCUT2D eigenvalue weighted by molar-refractivity contribution is 5.64. The Labute approximate surface area is 112 Å². The topological polar surface area (TPSA) is 74.2 Å². The third-order valence-electron chi connectivity index (χ3n) is 2.94. The molecule has 1 aromatic heterocycles. The Balaban J connectivity index is 2.53. The Kier molecular flexibility index (Phi) is 3.57. The molecule has 0 bridgehead atoms. The molecular formula is C14H19N3O2. The lowest BCUT2D eigenvalue weighted by Crippen LogP contribution is -2.11. The number of hydrogen-bond donors (Lipinski definition) is 1. The van der Waals surface area contributed by atoms with Crippen molar-refractivity contribution in [2.24, 2.45) is 5.73 Å². The molecule has 2 aromatic rings. The average molecular weight is 261 g/mol. The molecule has 0 saturated carbocycles. The summed E-state index contributed by atoms with van der Waals surface area (Å²) in [5.41, 5.74) is 7.49. The summed E-state index contributed by atoms with van der Waals surface area (Å²) in [6.45, 7) is 6.68. The second-order valence-electron chi connectivity index (χ2n) is 5.37. The van der Waals surface area contributed by atoms with Crippen molar-refractivity contribution in [1.82, 2.24) is 10.2 Å². The van der Waals surface area contributed by atoms with Crippen molar-refractivity contribution in [2.75, 3.05) is 7.11 Å². The minimum Gasteiger partial charge on any atom is -0.496 e. The number of benzene rings is 1. The van der Waals surface area contributed by atoms with E-state index in [9.17, 15) is 0 Å².